The van der Waals surface area contributed by atoms with Crippen molar-refractivity contribution in [2.24, 2.45) is 0 Å². The van der Waals surface area contributed by atoms with Crippen LogP contribution in [0.5, 0.6) is 23.0 Å². The minimum atomic E-state index is -0.397. The second kappa shape index (κ2) is 24.9. The average Bonchev–Trinajstić information content (AvgIpc) is 3.09. The lowest BCUT2D eigenvalue weighted by Gasteiger charge is -2.26. The summed E-state index contributed by atoms with van der Waals surface area (Å²) in [5.41, 5.74) is 0. The Morgan fingerprint density at radius 1 is 0.458 bits per heavy atom. The zero-order chi connectivity index (χ0) is 35.0. The Balaban J connectivity index is 2.52. The summed E-state index contributed by atoms with van der Waals surface area (Å²) in [6.45, 7) is 15.7. The molecule has 0 saturated heterocycles. The van der Waals surface area contributed by atoms with E-state index >= 15 is 0 Å². The monoisotopic (exact) mass is 670 g/mol. The van der Waals surface area contributed by atoms with Crippen LogP contribution in [-0.4, -0.2) is 61.4 Å². The van der Waals surface area contributed by atoms with E-state index in [1.807, 2.05) is 47.9 Å². The number of benzene rings is 2. The van der Waals surface area contributed by atoms with Crippen molar-refractivity contribution in [2.45, 2.75) is 144 Å². The summed E-state index contributed by atoms with van der Waals surface area (Å²) >= 11 is 0. The van der Waals surface area contributed by atoms with E-state index < -0.39 is 12.2 Å². The molecule has 0 bridgehead atoms. The van der Waals surface area contributed by atoms with Crippen LogP contribution < -0.4 is 18.9 Å². The predicted molar refractivity (Wildman–Crippen MR) is 198 cm³/mol. The molecular weight excluding hydrogens is 604 g/mol. The van der Waals surface area contributed by atoms with Crippen molar-refractivity contribution in [3.05, 3.63) is 24.3 Å². The van der Waals surface area contributed by atoms with Crippen molar-refractivity contribution in [2.75, 3.05) is 39.4 Å². The van der Waals surface area contributed by atoms with Crippen molar-refractivity contribution >= 4 is 23.0 Å². The number of nitrogens with zero attached hydrogens (tertiary/aromatic N) is 2. The molecule has 8 nitrogen and oxygen atoms in total. The lowest BCUT2D eigenvalue weighted by molar-refractivity contribution is 0.144. The normalized spacial score (nSPS) is 11.0. The highest BCUT2D eigenvalue weighted by atomic mass is 16.6. The van der Waals surface area contributed by atoms with Gasteiger partial charge in [0, 0.05) is 37.0 Å². The molecular formula is C40H66N2O6. The SMILES string of the molecule is CCCCCCN(CCCCCC)C(=O)Oc1c(OCC)c(OCC)c(OC(=O)N(CCCCCC)CCCCCC)c2ccccc12. The van der Waals surface area contributed by atoms with E-state index in [1.165, 1.54) is 0 Å². The van der Waals surface area contributed by atoms with Crippen LogP contribution in [0.25, 0.3) is 10.8 Å². The Bertz CT molecular complexity index is 1070. The molecule has 272 valence electrons. The van der Waals surface area contributed by atoms with Gasteiger partial charge in [-0.1, -0.05) is 129 Å². The number of carbonyl (C=O) groups excluding carboxylic acids is 2. The number of carbonyl (C=O) groups is 2. The van der Waals surface area contributed by atoms with Crippen molar-refractivity contribution < 1.29 is 28.5 Å². The lowest BCUT2D eigenvalue weighted by Crippen LogP contribution is -2.36. The van der Waals surface area contributed by atoms with E-state index in [0.717, 1.165) is 103 Å². The van der Waals surface area contributed by atoms with Crippen LogP contribution in [0.2, 0.25) is 0 Å². The smallest absolute Gasteiger partial charge is 0.415 e. The molecule has 0 saturated carbocycles. The van der Waals surface area contributed by atoms with Crippen molar-refractivity contribution in [1.29, 1.82) is 0 Å². The first-order chi connectivity index (χ1) is 23.5. The van der Waals surface area contributed by atoms with Gasteiger partial charge in [0.1, 0.15) is 0 Å². The largest absolute Gasteiger partial charge is 0.487 e. The third-order valence-electron chi connectivity index (χ3n) is 8.63. The van der Waals surface area contributed by atoms with E-state index in [2.05, 4.69) is 27.7 Å². The Kier molecular flexibility index (Phi) is 21.3. The first-order valence-corrected chi connectivity index (χ1v) is 19.2. The fraction of sp³-hybridized carbons (Fsp3) is 0.700. The summed E-state index contributed by atoms with van der Waals surface area (Å²) in [6.07, 6.45) is 16.4. The summed E-state index contributed by atoms with van der Waals surface area (Å²) in [7, 11) is 0. The summed E-state index contributed by atoms with van der Waals surface area (Å²) in [5, 5.41) is 1.27. The van der Waals surface area contributed by atoms with Crippen LogP contribution in [0.15, 0.2) is 24.3 Å². The van der Waals surface area contributed by atoms with Gasteiger partial charge in [0.25, 0.3) is 0 Å². The first-order valence-electron chi connectivity index (χ1n) is 19.2. The fourth-order valence-corrected chi connectivity index (χ4v) is 5.89. The van der Waals surface area contributed by atoms with Crippen molar-refractivity contribution in [3.8, 4) is 23.0 Å². The minimum absolute atomic E-state index is 0.281. The molecule has 0 radical (unpaired) electrons. The summed E-state index contributed by atoms with van der Waals surface area (Å²) < 4.78 is 24.9. The van der Waals surface area contributed by atoms with Gasteiger partial charge in [0.15, 0.2) is 11.5 Å². The van der Waals surface area contributed by atoms with E-state index in [4.69, 9.17) is 18.9 Å². The molecule has 0 aliphatic carbocycles. The van der Waals surface area contributed by atoms with Crippen LogP contribution in [0.1, 0.15) is 144 Å². The van der Waals surface area contributed by atoms with Crippen molar-refractivity contribution in [3.63, 3.8) is 0 Å². The zero-order valence-electron chi connectivity index (χ0n) is 31.2. The van der Waals surface area contributed by atoms with Crippen LogP contribution in [0, 0.1) is 0 Å². The van der Waals surface area contributed by atoms with E-state index in [1.54, 1.807) is 0 Å². The molecule has 2 aromatic rings. The maximum atomic E-state index is 13.9. The maximum absolute atomic E-state index is 13.9. The fourth-order valence-electron chi connectivity index (χ4n) is 5.89. The molecule has 0 aliphatic heterocycles. The molecule has 0 aliphatic rings. The Hall–Kier alpha value is -3.16. The first kappa shape index (κ1) is 41.0. The Labute approximate surface area is 291 Å². The standard InChI is InChI=1S/C40H66N2O6/c1-7-13-17-23-29-41(30-24-18-14-8-2)39(43)47-35-33-27-21-22-28-34(33)36(38(46-12-6)37(35)45-11-5)48-40(44)42(31-25-19-15-9-3)32-26-20-16-10-4/h21-22,27-28H,7-20,23-26,29-32H2,1-6H3. The van der Waals surface area contributed by atoms with Gasteiger partial charge < -0.3 is 28.7 Å². The molecule has 8 heteroatoms. The van der Waals surface area contributed by atoms with Gasteiger partial charge in [-0.3, -0.25) is 0 Å². The van der Waals surface area contributed by atoms with E-state index in [-0.39, 0.29) is 11.5 Å². The number of unbranched alkanes of at least 4 members (excludes halogenated alkanes) is 12. The summed E-state index contributed by atoms with van der Waals surface area (Å²) in [4.78, 5) is 31.4. The second-order valence-corrected chi connectivity index (χ2v) is 12.7. The molecule has 0 aromatic heterocycles. The molecule has 0 unspecified atom stereocenters. The molecule has 0 heterocycles. The quantitative estimate of drug-likeness (QED) is 0.0927. The van der Waals surface area contributed by atoms with Gasteiger partial charge in [-0.15, -0.1) is 0 Å². The third kappa shape index (κ3) is 13.8. The molecule has 48 heavy (non-hydrogen) atoms. The molecule has 2 rings (SSSR count). The topological polar surface area (TPSA) is 77.5 Å². The lowest BCUT2D eigenvalue weighted by atomic mass is 10.1. The maximum Gasteiger partial charge on any atom is 0.415 e. The Morgan fingerprint density at radius 3 is 1.04 bits per heavy atom. The average molecular weight is 671 g/mol. The second-order valence-electron chi connectivity index (χ2n) is 12.7. The molecule has 0 N–H and O–H groups in total. The molecule has 0 fully saturated rings. The molecule has 0 atom stereocenters. The van der Waals surface area contributed by atoms with Gasteiger partial charge in [0.2, 0.25) is 11.5 Å². The van der Waals surface area contributed by atoms with Crippen LogP contribution in [0.4, 0.5) is 9.59 Å². The van der Waals surface area contributed by atoms with E-state index in [0.29, 0.717) is 61.7 Å². The molecule has 2 aromatic carbocycles. The highest BCUT2D eigenvalue weighted by molar-refractivity contribution is 6.01. The molecule has 0 spiro atoms. The van der Waals surface area contributed by atoms with E-state index in [9.17, 15) is 9.59 Å². The van der Waals surface area contributed by atoms with Crippen molar-refractivity contribution in [1.82, 2.24) is 9.80 Å². The van der Waals surface area contributed by atoms with Gasteiger partial charge >= 0.3 is 12.2 Å². The van der Waals surface area contributed by atoms with Crippen LogP contribution in [-0.2, 0) is 0 Å². The molecule has 2 amide bonds. The summed E-state index contributed by atoms with van der Waals surface area (Å²) in [6, 6.07) is 7.55. The van der Waals surface area contributed by atoms with Gasteiger partial charge in [-0.25, -0.2) is 9.59 Å². The summed E-state index contributed by atoms with van der Waals surface area (Å²) in [5.74, 6) is 1.15. The predicted octanol–water partition coefficient (Wildman–Crippen LogP) is 11.6. The van der Waals surface area contributed by atoms with Crippen LogP contribution in [0.3, 0.4) is 0 Å². The number of fused-ring (bicyclic) bond motifs is 1. The van der Waals surface area contributed by atoms with Crippen LogP contribution >= 0.6 is 0 Å². The third-order valence-corrected chi connectivity index (χ3v) is 8.63. The number of hydrogen-bond donors (Lipinski definition) is 0. The highest BCUT2D eigenvalue weighted by Gasteiger charge is 2.30. The number of ether oxygens (including phenoxy) is 4. The number of hydrogen-bond acceptors (Lipinski definition) is 6. The zero-order valence-corrected chi connectivity index (χ0v) is 31.2. The van der Waals surface area contributed by atoms with Gasteiger partial charge in [-0.05, 0) is 39.5 Å². The highest BCUT2D eigenvalue weighted by Crippen LogP contribution is 2.51. The number of rotatable bonds is 26. The van der Waals surface area contributed by atoms with Gasteiger partial charge in [-0.2, -0.15) is 0 Å². The van der Waals surface area contributed by atoms with Gasteiger partial charge in [0.05, 0.1) is 13.2 Å². The minimum Gasteiger partial charge on any atom is -0.487 e. The Morgan fingerprint density at radius 2 is 0.771 bits per heavy atom. The number of amides is 2.